The number of anilines is 1. The number of ether oxygens (including phenoxy) is 1. The molecule has 0 spiro atoms. The molecule has 4 nitrogen and oxygen atoms in total. The van der Waals surface area contributed by atoms with Crippen molar-refractivity contribution < 1.29 is 4.74 Å². The van der Waals surface area contributed by atoms with Crippen LogP contribution >= 0.6 is 22.9 Å². The highest BCUT2D eigenvalue weighted by molar-refractivity contribution is 7.20. The molecule has 1 atom stereocenters. The number of thiazole rings is 1. The van der Waals surface area contributed by atoms with Crippen LogP contribution < -0.4 is 9.64 Å². The summed E-state index contributed by atoms with van der Waals surface area (Å²) in [4.78, 5) is 10.9. The van der Waals surface area contributed by atoms with E-state index in [-0.39, 0.29) is 6.10 Å². The maximum Gasteiger partial charge on any atom is 0.274 e. The zero-order valence-corrected chi connectivity index (χ0v) is 13.3. The van der Waals surface area contributed by atoms with E-state index >= 15 is 0 Å². The van der Waals surface area contributed by atoms with Crippen LogP contribution in [0.15, 0.2) is 42.7 Å². The first kappa shape index (κ1) is 13.8. The molecule has 3 aromatic rings. The smallest absolute Gasteiger partial charge is 0.274 e. The molecule has 1 aliphatic heterocycles. The fourth-order valence-corrected chi connectivity index (χ4v) is 3.84. The van der Waals surface area contributed by atoms with Gasteiger partial charge in [-0.1, -0.05) is 22.9 Å². The molecule has 0 radical (unpaired) electrons. The molecular weight excluding hydrogens is 318 g/mol. The minimum absolute atomic E-state index is 0.171. The SMILES string of the molecule is Clc1ccc2nc(O[C@@H]3CCN(c4ccncc4)C3)sc2c1. The standard InChI is InChI=1S/C16H14ClN3OS/c17-11-1-2-14-15(9-11)22-16(19-14)21-13-5-8-20(10-13)12-3-6-18-7-4-12/h1-4,6-7,9,13H,5,8,10H2/t13-/m1/s1. The quantitative estimate of drug-likeness (QED) is 0.727. The van der Waals surface area contributed by atoms with Gasteiger partial charge in [-0.3, -0.25) is 4.98 Å². The van der Waals surface area contributed by atoms with Crippen LogP contribution in [-0.2, 0) is 0 Å². The van der Waals surface area contributed by atoms with Gasteiger partial charge in [0.25, 0.3) is 5.19 Å². The normalized spacial score (nSPS) is 18.0. The Hall–Kier alpha value is -1.85. The van der Waals surface area contributed by atoms with Crippen LogP contribution in [0.2, 0.25) is 5.02 Å². The summed E-state index contributed by atoms with van der Waals surface area (Å²) in [6.07, 6.45) is 4.81. The molecule has 0 N–H and O–H groups in total. The van der Waals surface area contributed by atoms with Crippen LogP contribution in [0.25, 0.3) is 10.2 Å². The molecule has 0 aliphatic carbocycles. The van der Waals surface area contributed by atoms with Gasteiger partial charge < -0.3 is 9.64 Å². The maximum atomic E-state index is 6.06. The van der Waals surface area contributed by atoms with Crippen molar-refractivity contribution in [2.24, 2.45) is 0 Å². The summed E-state index contributed by atoms with van der Waals surface area (Å²) in [5, 5.41) is 1.45. The second-order valence-electron chi connectivity index (χ2n) is 5.27. The number of pyridine rings is 1. The van der Waals surface area contributed by atoms with E-state index in [2.05, 4.69) is 14.9 Å². The van der Waals surface area contributed by atoms with Crippen LogP contribution in [0.4, 0.5) is 5.69 Å². The van der Waals surface area contributed by atoms with Gasteiger partial charge in [0, 0.05) is 36.1 Å². The summed E-state index contributed by atoms with van der Waals surface area (Å²) < 4.78 is 7.12. The van der Waals surface area contributed by atoms with Crippen molar-refractivity contribution in [1.82, 2.24) is 9.97 Å². The van der Waals surface area contributed by atoms with E-state index in [0.717, 1.165) is 39.9 Å². The first-order chi connectivity index (χ1) is 10.8. The molecule has 1 aliphatic rings. The summed E-state index contributed by atoms with van der Waals surface area (Å²) in [6.45, 7) is 1.87. The number of rotatable bonds is 3. The van der Waals surface area contributed by atoms with Crippen molar-refractivity contribution >= 4 is 38.8 Å². The van der Waals surface area contributed by atoms with E-state index in [0.29, 0.717) is 0 Å². The van der Waals surface area contributed by atoms with Crippen molar-refractivity contribution in [1.29, 1.82) is 0 Å². The highest BCUT2D eigenvalue weighted by atomic mass is 35.5. The van der Waals surface area contributed by atoms with Crippen molar-refractivity contribution in [2.75, 3.05) is 18.0 Å². The molecule has 112 valence electrons. The Kier molecular flexibility index (Phi) is 3.60. The monoisotopic (exact) mass is 331 g/mol. The van der Waals surface area contributed by atoms with Gasteiger partial charge in [-0.2, -0.15) is 0 Å². The van der Waals surface area contributed by atoms with Gasteiger partial charge in [-0.05, 0) is 30.3 Å². The molecule has 0 bridgehead atoms. The number of fused-ring (bicyclic) bond motifs is 1. The predicted molar refractivity (Wildman–Crippen MR) is 90.1 cm³/mol. The van der Waals surface area contributed by atoms with E-state index in [9.17, 15) is 0 Å². The number of halogens is 1. The zero-order valence-electron chi connectivity index (χ0n) is 11.8. The lowest BCUT2D eigenvalue weighted by molar-refractivity contribution is 0.224. The lowest BCUT2D eigenvalue weighted by atomic mass is 10.3. The average molecular weight is 332 g/mol. The van der Waals surface area contributed by atoms with Crippen LogP contribution in [-0.4, -0.2) is 29.2 Å². The minimum Gasteiger partial charge on any atom is -0.465 e. The van der Waals surface area contributed by atoms with Crippen molar-refractivity contribution in [2.45, 2.75) is 12.5 Å². The van der Waals surface area contributed by atoms with Gasteiger partial charge in [0.1, 0.15) is 6.10 Å². The molecule has 2 aromatic heterocycles. The van der Waals surface area contributed by atoms with Crippen molar-refractivity contribution in [3.63, 3.8) is 0 Å². The molecule has 6 heteroatoms. The topological polar surface area (TPSA) is 38.2 Å². The third-order valence-corrected chi connectivity index (χ3v) is 4.92. The Labute approximate surface area is 137 Å². The summed E-state index contributed by atoms with van der Waals surface area (Å²) >= 11 is 7.56. The van der Waals surface area contributed by atoms with E-state index in [1.165, 1.54) is 5.69 Å². The van der Waals surface area contributed by atoms with Gasteiger partial charge >= 0.3 is 0 Å². The van der Waals surface area contributed by atoms with E-state index in [1.54, 1.807) is 11.3 Å². The van der Waals surface area contributed by atoms with Gasteiger partial charge in [0.2, 0.25) is 0 Å². The molecule has 1 saturated heterocycles. The first-order valence-corrected chi connectivity index (χ1v) is 8.35. The van der Waals surface area contributed by atoms with Gasteiger partial charge in [0.15, 0.2) is 0 Å². The molecule has 22 heavy (non-hydrogen) atoms. The van der Waals surface area contributed by atoms with Gasteiger partial charge in [-0.15, -0.1) is 0 Å². The van der Waals surface area contributed by atoms with Crippen molar-refractivity contribution in [3.8, 4) is 5.19 Å². The van der Waals surface area contributed by atoms with E-state index < -0.39 is 0 Å². The average Bonchev–Trinajstić information content (AvgIpc) is 3.14. The number of hydrogen-bond acceptors (Lipinski definition) is 5. The van der Waals surface area contributed by atoms with E-state index in [1.807, 2.05) is 42.7 Å². The highest BCUT2D eigenvalue weighted by Gasteiger charge is 2.25. The number of benzene rings is 1. The Balaban J connectivity index is 1.47. The largest absolute Gasteiger partial charge is 0.465 e. The molecule has 3 heterocycles. The summed E-state index contributed by atoms with van der Waals surface area (Å²) in [5.41, 5.74) is 2.13. The lowest BCUT2D eigenvalue weighted by Crippen LogP contribution is -2.24. The van der Waals surface area contributed by atoms with Crippen LogP contribution in [0.1, 0.15) is 6.42 Å². The third kappa shape index (κ3) is 2.74. The predicted octanol–water partition coefficient (Wildman–Crippen LogP) is 4.00. The van der Waals surface area contributed by atoms with Crippen molar-refractivity contribution in [3.05, 3.63) is 47.7 Å². The minimum atomic E-state index is 0.171. The molecule has 1 aromatic carbocycles. The van der Waals surface area contributed by atoms with Crippen LogP contribution in [0.3, 0.4) is 0 Å². The number of aromatic nitrogens is 2. The van der Waals surface area contributed by atoms with Gasteiger partial charge in [0.05, 0.1) is 16.8 Å². The first-order valence-electron chi connectivity index (χ1n) is 7.16. The van der Waals surface area contributed by atoms with E-state index in [4.69, 9.17) is 16.3 Å². The van der Waals surface area contributed by atoms with Crippen LogP contribution in [0, 0.1) is 0 Å². The Morgan fingerprint density at radius 1 is 1.23 bits per heavy atom. The zero-order chi connectivity index (χ0) is 14.9. The Bertz CT molecular complexity index is 792. The summed E-state index contributed by atoms with van der Waals surface area (Å²) in [5.74, 6) is 0. The molecule has 0 unspecified atom stereocenters. The Morgan fingerprint density at radius 2 is 2.09 bits per heavy atom. The summed E-state index contributed by atoms with van der Waals surface area (Å²) in [6, 6.07) is 9.77. The molecule has 4 rings (SSSR count). The maximum absolute atomic E-state index is 6.06. The second-order valence-corrected chi connectivity index (χ2v) is 6.70. The van der Waals surface area contributed by atoms with Gasteiger partial charge in [-0.25, -0.2) is 4.98 Å². The second kappa shape index (κ2) is 5.74. The third-order valence-electron chi connectivity index (χ3n) is 3.77. The molecule has 1 fully saturated rings. The Morgan fingerprint density at radius 3 is 2.95 bits per heavy atom. The number of nitrogens with zero attached hydrogens (tertiary/aromatic N) is 3. The number of hydrogen-bond donors (Lipinski definition) is 0. The lowest BCUT2D eigenvalue weighted by Gasteiger charge is -2.17. The molecular formula is C16H14ClN3OS. The fraction of sp³-hybridized carbons (Fsp3) is 0.250. The van der Waals surface area contributed by atoms with Crippen LogP contribution in [0.5, 0.6) is 5.19 Å². The molecule has 0 saturated carbocycles. The molecule has 0 amide bonds. The fourth-order valence-electron chi connectivity index (χ4n) is 2.68. The summed E-state index contributed by atoms with van der Waals surface area (Å²) in [7, 11) is 0. The highest BCUT2D eigenvalue weighted by Crippen LogP contribution is 2.31.